The monoisotopic (exact) mass is 114 g/mol. The second-order valence-corrected chi connectivity index (χ2v) is 1.54. The van der Waals surface area contributed by atoms with E-state index in [2.05, 4.69) is 13.0 Å². The van der Waals surface area contributed by atoms with Crippen LogP contribution in [0.4, 0.5) is 0 Å². The van der Waals surface area contributed by atoms with E-state index in [-0.39, 0.29) is 0 Å². The van der Waals surface area contributed by atoms with Gasteiger partial charge in [0.1, 0.15) is 0 Å². The molecule has 0 saturated heterocycles. The summed E-state index contributed by atoms with van der Waals surface area (Å²) in [7, 11) is 0. The molecule has 0 fully saturated rings. The van der Waals surface area contributed by atoms with Gasteiger partial charge in [-0.05, 0) is 13.3 Å². The van der Waals surface area contributed by atoms with Gasteiger partial charge in [-0.2, -0.15) is 0 Å². The van der Waals surface area contributed by atoms with Crippen LogP contribution in [0.25, 0.3) is 0 Å². The van der Waals surface area contributed by atoms with Crippen molar-refractivity contribution in [1.82, 2.24) is 0 Å². The molecule has 0 N–H and O–H groups in total. The molecule has 0 atom stereocenters. The lowest BCUT2D eigenvalue weighted by atomic mass is 10.4. The topological polar surface area (TPSA) is 9.23 Å². The smallest absolute Gasteiger partial charge is 0.0647 e. The summed E-state index contributed by atoms with van der Waals surface area (Å²) in [4.78, 5) is 0. The highest BCUT2D eigenvalue weighted by Crippen LogP contribution is 1.80. The van der Waals surface area contributed by atoms with Crippen molar-refractivity contribution in [2.45, 2.75) is 20.3 Å². The molecule has 0 heterocycles. The fraction of sp³-hybridized carbons (Fsp3) is 0.714. The lowest BCUT2D eigenvalue weighted by molar-refractivity contribution is 0.177. The average molecular weight is 114 g/mol. The Labute approximate surface area is 51.4 Å². The van der Waals surface area contributed by atoms with Crippen LogP contribution in [0.2, 0.25) is 0 Å². The Balaban J connectivity index is 2.80. The van der Waals surface area contributed by atoms with E-state index >= 15 is 0 Å². The minimum Gasteiger partial charge on any atom is -0.378 e. The first kappa shape index (κ1) is 7.70. The van der Waals surface area contributed by atoms with Crippen molar-refractivity contribution in [3.63, 3.8) is 0 Å². The molecule has 0 unspecified atom stereocenters. The van der Waals surface area contributed by atoms with Crippen LogP contribution in [-0.2, 0) is 4.74 Å². The van der Waals surface area contributed by atoms with Crippen LogP contribution < -0.4 is 0 Å². The maximum Gasteiger partial charge on any atom is 0.0647 e. The summed E-state index contributed by atoms with van der Waals surface area (Å²) >= 11 is 0. The van der Waals surface area contributed by atoms with Crippen LogP contribution in [0.15, 0.2) is 12.2 Å². The van der Waals surface area contributed by atoms with Gasteiger partial charge in [-0.15, -0.1) is 0 Å². The molecule has 0 rings (SSSR count). The summed E-state index contributed by atoms with van der Waals surface area (Å²) in [6.07, 6.45) is 5.26. The Bertz CT molecular complexity index is 57.4. The minimum absolute atomic E-state index is 0.768. The number of allylic oxidation sites excluding steroid dienone is 1. The second-order valence-electron chi connectivity index (χ2n) is 1.54. The zero-order valence-electron chi connectivity index (χ0n) is 5.68. The van der Waals surface area contributed by atoms with Gasteiger partial charge >= 0.3 is 0 Å². The molecule has 1 heteroatoms. The third-order valence-corrected chi connectivity index (χ3v) is 0.821. The Morgan fingerprint density at radius 3 is 2.50 bits per heavy atom. The van der Waals surface area contributed by atoms with Crippen LogP contribution in [0.3, 0.4) is 0 Å². The Morgan fingerprint density at radius 2 is 2.00 bits per heavy atom. The van der Waals surface area contributed by atoms with Crippen molar-refractivity contribution in [3.05, 3.63) is 12.2 Å². The van der Waals surface area contributed by atoms with E-state index in [1.807, 2.05) is 13.0 Å². The predicted molar refractivity (Wildman–Crippen MR) is 35.9 cm³/mol. The van der Waals surface area contributed by atoms with E-state index in [0.29, 0.717) is 0 Å². The summed E-state index contributed by atoms with van der Waals surface area (Å²) in [5, 5.41) is 0. The highest BCUT2D eigenvalue weighted by molar-refractivity contribution is 4.79. The summed E-state index contributed by atoms with van der Waals surface area (Å²) in [6, 6.07) is 0. The molecule has 0 aromatic heterocycles. The summed E-state index contributed by atoms with van der Waals surface area (Å²) in [5.74, 6) is 0. The average Bonchev–Trinajstić information content (AvgIpc) is 1.81. The zero-order valence-corrected chi connectivity index (χ0v) is 5.68. The van der Waals surface area contributed by atoms with E-state index in [1.165, 1.54) is 0 Å². The largest absolute Gasteiger partial charge is 0.378 e. The quantitative estimate of drug-likeness (QED) is 0.401. The van der Waals surface area contributed by atoms with E-state index in [0.717, 1.165) is 19.6 Å². The van der Waals surface area contributed by atoms with Crippen LogP contribution in [-0.4, -0.2) is 13.2 Å². The number of hydrogen-bond acceptors (Lipinski definition) is 1. The van der Waals surface area contributed by atoms with Gasteiger partial charge in [0.05, 0.1) is 6.61 Å². The first-order chi connectivity index (χ1) is 3.91. The number of hydrogen-bond donors (Lipinski definition) is 0. The van der Waals surface area contributed by atoms with Crippen molar-refractivity contribution in [2.75, 3.05) is 13.2 Å². The Hall–Kier alpha value is -0.300. The molecule has 0 bridgehead atoms. The first-order valence-corrected chi connectivity index (χ1v) is 3.14. The zero-order chi connectivity index (χ0) is 6.24. The maximum absolute atomic E-state index is 5.05. The van der Waals surface area contributed by atoms with Gasteiger partial charge in [0.15, 0.2) is 0 Å². The van der Waals surface area contributed by atoms with Gasteiger partial charge < -0.3 is 4.74 Å². The van der Waals surface area contributed by atoms with Gasteiger partial charge in [-0.1, -0.05) is 19.1 Å². The van der Waals surface area contributed by atoms with E-state index in [1.54, 1.807) is 0 Å². The number of rotatable bonds is 4. The lowest BCUT2D eigenvalue weighted by Crippen LogP contribution is -1.87. The van der Waals surface area contributed by atoms with E-state index in [4.69, 9.17) is 4.74 Å². The lowest BCUT2D eigenvalue weighted by Gasteiger charge is -1.90. The molecule has 0 radical (unpaired) electrons. The van der Waals surface area contributed by atoms with Crippen LogP contribution in [0, 0.1) is 0 Å². The van der Waals surface area contributed by atoms with Crippen molar-refractivity contribution in [3.8, 4) is 0 Å². The minimum atomic E-state index is 0.768. The normalized spacial score (nSPS) is 10.8. The molecule has 0 aromatic carbocycles. The van der Waals surface area contributed by atoms with Gasteiger partial charge in [0.2, 0.25) is 0 Å². The molecule has 0 aromatic rings. The van der Waals surface area contributed by atoms with Gasteiger partial charge in [-0.3, -0.25) is 0 Å². The summed E-state index contributed by atoms with van der Waals surface area (Å²) < 4.78 is 5.05. The molecule has 0 aliphatic heterocycles. The molecule has 48 valence electrons. The first-order valence-electron chi connectivity index (χ1n) is 3.14. The second kappa shape index (κ2) is 6.70. The van der Waals surface area contributed by atoms with Crippen LogP contribution in [0.1, 0.15) is 20.3 Å². The predicted octanol–water partition coefficient (Wildman–Crippen LogP) is 1.99. The highest BCUT2D eigenvalue weighted by Gasteiger charge is 1.72. The molecule has 8 heavy (non-hydrogen) atoms. The Morgan fingerprint density at radius 1 is 1.25 bits per heavy atom. The van der Waals surface area contributed by atoms with Crippen LogP contribution >= 0.6 is 0 Å². The van der Waals surface area contributed by atoms with Crippen molar-refractivity contribution in [1.29, 1.82) is 0 Å². The Kier molecular flexibility index (Phi) is 6.45. The molecular weight excluding hydrogens is 100 g/mol. The highest BCUT2D eigenvalue weighted by atomic mass is 16.5. The third-order valence-electron chi connectivity index (χ3n) is 0.821. The molecule has 0 amide bonds. The van der Waals surface area contributed by atoms with Crippen molar-refractivity contribution >= 4 is 0 Å². The van der Waals surface area contributed by atoms with Gasteiger partial charge in [0, 0.05) is 6.61 Å². The van der Waals surface area contributed by atoms with E-state index < -0.39 is 0 Å². The molecule has 0 spiro atoms. The summed E-state index contributed by atoms with van der Waals surface area (Å²) in [6.45, 7) is 5.70. The molecular formula is C7H14O. The van der Waals surface area contributed by atoms with E-state index in [9.17, 15) is 0 Å². The third kappa shape index (κ3) is 5.70. The molecule has 1 nitrogen and oxygen atoms in total. The molecule has 0 aliphatic rings. The van der Waals surface area contributed by atoms with Gasteiger partial charge in [0.25, 0.3) is 0 Å². The molecule has 0 aliphatic carbocycles. The summed E-state index contributed by atoms with van der Waals surface area (Å²) in [5.41, 5.74) is 0. The van der Waals surface area contributed by atoms with Crippen LogP contribution in [0.5, 0.6) is 0 Å². The number of ether oxygens (including phenoxy) is 1. The fourth-order valence-electron chi connectivity index (χ4n) is 0.421. The standard InChI is InChI=1S/C7H14O/c1-3-5-6-7-8-4-2/h5-6H,3-4,7H2,1-2H3/b6-5+. The fourth-order valence-corrected chi connectivity index (χ4v) is 0.421. The van der Waals surface area contributed by atoms with Crippen molar-refractivity contribution < 1.29 is 4.74 Å². The molecule has 0 saturated carbocycles. The maximum atomic E-state index is 5.05. The SMILES string of the molecule is CC/C=C/COCC. The van der Waals surface area contributed by atoms with Crippen molar-refractivity contribution in [2.24, 2.45) is 0 Å². The van der Waals surface area contributed by atoms with Gasteiger partial charge in [-0.25, -0.2) is 0 Å².